The van der Waals surface area contributed by atoms with Crippen molar-refractivity contribution in [2.24, 2.45) is 0 Å². The maximum absolute atomic E-state index is 10.1. The molecular formula is C14H21NO. The highest BCUT2D eigenvalue weighted by molar-refractivity contribution is 5.36. The Morgan fingerprint density at radius 3 is 2.81 bits per heavy atom. The van der Waals surface area contributed by atoms with Crippen LogP contribution in [0.5, 0.6) is 0 Å². The molecule has 88 valence electrons. The van der Waals surface area contributed by atoms with Gasteiger partial charge in [0.1, 0.15) is 0 Å². The minimum Gasteiger partial charge on any atom is -0.387 e. The van der Waals surface area contributed by atoms with Gasteiger partial charge >= 0.3 is 0 Å². The van der Waals surface area contributed by atoms with E-state index in [0.717, 1.165) is 30.7 Å². The highest BCUT2D eigenvalue weighted by atomic mass is 16.3. The Labute approximate surface area is 97.7 Å². The Morgan fingerprint density at radius 1 is 1.38 bits per heavy atom. The summed E-state index contributed by atoms with van der Waals surface area (Å²) in [6.45, 7) is 6.45. The molecule has 1 atom stereocenters. The van der Waals surface area contributed by atoms with E-state index in [9.17, 15) is 5.11 Å². The molecule has 1 aromatic rings. The first-order valence-corrected chi connectivity index (χ1v) is 6.28. The Balaban J connectivity index is 2.56. The third kappa shape index (κ3) is 2.12. The zero-order valence-corrected chi connectivity index (χ0v) is 10.5. The topological polar surface area (TPSA) is 33.1 Å². The van der Waals surface area contributed by atoms with Crippen LogP contribution >= 0.6 is 0 Å². The van der Waals surface area contributed by atoms with Gasteiger partial charge in [-0.3, -0.25) is 4.98 Å². The van der Waals surface area contributed by atoms with Crippen molar-refractivity contribution >= 4 is 0 Å². The summed E-state index contributed by atoms with van der Waals surface area (Å²) in [5.74, 6) is 0.515. The number of pyridine rings is 1. The van der Waals surface area contributed by atoms with Crippen LogP contribution in [0.25, 0.3) is 0 Å². The lowest BCUT2D eigenvalue weighted by molar-refractivity contribution is 0.162. The van der Waals surface area contributed by atoms with Crippen LogP contribution in [-0.2, 0) is 6.42 Å². The monoisotopic (exact) mass is 219 g/mol. The summed E-state index contributed by atoms with van der Waals surface area (Å²) in [7, 11) is 0. The molecule has 2 nitrogen and oxygen atoms in total. The van der Waals surface area contributed by atoms with Crippen LogP contribution in [0.15, 0.2) is 6.07 Å². The Hall–Kier alpha value is -0.890. The first-order valence-electron chi connectivity index (χ1n) is 6.28. The summed E-state index contributed by atoms with van der Waals surface area (Å²) in [5, 5.41) is 10.1. The highest BCUT2D eigenvalue weighted by Gasteiger charge is 2.21. The largest absolute Gasteiger partial charge is 0.387 e. The lowest BCUT2D eigenvalue weighted by atomic mass is 9.92. The van der Waals surface area contributed by atoms with E-state index in [1.807, 2.05) is 6.92 Å². The average molecular weight is 219 g/mol. The van der Waals surface area contributed by atoms with Gasteiger partial charge in [-0.25, -0.2) is 0 Å². The standard InChI is InChI=1S/C14H21NO/c1-9(2)12-8-10(3)15-14-11(12)6-4-5-7-13(14)16/h8-9,13,16H,4-7H2,1-3H3. The molecule has 0 fully saturated rings. The molecule has 0 saturated carbocycles. The van der Waals surface area contributed by atoms with E-state index in [1.54, 1.807) is 0 Å². The van der Waals surface area contributed by atoms with Crippen molar-refractivity contribution in [2.75, 3.05) is 0 Å². The third-order valence-corrected chi connectivity index (χ3v) is 3.41. The number of aryl methyl sites for hydroxylation is 1. The van der Waals surface area contributed by atoms with Crippen LogP contribution in [-0.4, -0.2) is 10.1 Å². The molecule has 16 heavy (non-hydrogen) atoms. The highest BCUT2D eigenvalue weighted by Crippen LogP contribution is 2.32. The molecule has 0 radical (unpaired) electrons. The zero-order chi connectivity index (χ0) is 11.7. The number of aliphatic hydroxyl groups is 1. The van der Waals surface area contributed by atoms with E-state index in [0.29, 0.717) is 5.92 Å². The molecule has 0 saturated heterocycles. The maximum atomic E-state index is 10.1. The maximum Gasteiger partial charge on any atom is 0.0962 e. The second kappa shape index (κ2) is 4.54. The fourth-order valence-electron chi connectivity index (χ4n) is 2.59. The lowest BCUT2D eigenvalue weighted by Gasteiger charge is -2.18. The minimum atomic E-state index is -0.352. The van der Waals surface area contributed by atoms with Crippen molar-refractivity contribution in [3.63, 3.8) is 0 Å². The quantitative estimate of drug-likeness (QED) is 0.735. The molecule has 1 N–H and O–H groups in total. The Bertz CT molecular complexity index is 385. The van der Waals surface area contributed by atoms with Crippen molar-refractivity contribution < 1.29 is 5.11 Å². The summed E-state index contributed by atoms with van der Waals surface area (Å²) in [6.07, 6.45) is 3.87. The fourth-order valence-corrected chi connectivity index (χ4v) is 2.59. The number of rotatable bonds is 1. The molecule has 2 heteroatoms. The average Bonchev–Trinajstić information content (AvgIpc) is 2.40. The van der Waals surface area contributed by atoms with E-state index in [4.69, 9.17) is 0 Å². The van der Waals surface area contributed by atoms with Gasteiger partial charge in [0.25, 0.3) is 0 Å². The summed E-state index contributed by atoms with van der Waals surface area (Å²) >= 11 is 0. The summed E-state index contributed by atoms with van der Waals surface area (Å²) in [4.78, 5) is 4.55. The van der Waals surface area contributed by atoms with Crippen LogP contribution in [0.2, 0.25) is 0 Å². The SMILES string of the molecule is Cc1cc(C(C)C)c2c(n1)C(O)CCCC2. The van der Waals surface area contributed by atoms with Gasteiger partial charge in [-0.15, -0.1) is 0 Å². The lowest BCUT2D eigenvalue weighted by Crippen LogP contribution is -2.08. The number of nitrogens with zero attached hydrogens (tertiary/aromatic N) is 1. The first-order chi connectivity index (χ1) is 7.59. The molecule has 0 spiro atoms. The number of hydrogen-bond donors (Lipinski definition) is 1. The molecule has 2 rings (SSSR count). The van der Waals surface area contributed by atoms with Crippen LogP contribution < -0.4 is 0 Å². The second-order valence-electron chi connectivity index (χ2n) is 5.13. The molecule has 1 aliphatic rings. The van der Waals surface area contributed by atoms with Gasteiger partial charge in [0.05, 0.1) is 11.8 Å². The van der Waals surface area contributed by atoms with Gasteiger partial charge in [-0.1, -0.05) is 20.3 Å². The molecule has 1 aliphatic carbocycles. The van der Waals surface area contributed by atoms with E-state index >= 15 is 0 Å². The summed E-state index contributed by atoms with van der Waals surface area (Å²) < 4.78 is 0. The molecule has 0 aliphatic heterocycles. The van der Waals surface area contributed by atoms with Gasteiger partial charge in [-0.2, -0.15) is 0 Å². The third-order valence-electron chi connectivity index (χ3n) is 3.41. The van der Waals surface area contributed by atoms with Crippen LogP contribution in [0.3, 0.4) is 0 Å². The molecule has 1 heterocycles. The number of aliphatic hydroxyl groups excluding tert-OH is 1. The van der Waals surface area contributed by atoms with Gasteiger partial charge in [0.2, 0.25) is 0 Å². The van der Waals surface area contributed by atoms with Crippen LogP contribution in [0.1, 0.15) is 67.6 Å². The molecule has 0 aromatic carbocycles. The van der Waals surface area contributed by atoms with Gasteiger partial charge in [0, 0.05) is 5.69 Å². The molecular weight excluding hydrogens is 198 g/mol. The van der Waals surface area contributed by atoms with Crippen molar-refractivity contribution in [2.45, 2.75) is 58.5 Å². The van der Waals surface area contributed by atoms with Gasteiger partial charge in [-0.05, 0) is 49.3 Å². The van der Waals surface area contributed by atoms with Crippen molar-refractivity contribution in [3.8, 4) is 0 Å². The Morgan fingerprint density at radius 2 is 2.12 bits per heavy atom. The number of hydrogen-bond acceptors (Lipinski definition) is 2. The van der Waals surface area contributed by atoms with Gasteiger partial charge < -0.3 is 5.11 Å². The molecule has 1 aromatic heterocycles. The van der Waals surface area contributed by atoms with E-state index < -0.39 is 0 Å². The molecule has 1 unspecified atom stereocenters. The van der Waals surface area contributed by atoms with Crippen molar-refractivity contribution in [1.29, 1.82) is 0 Å². The summed E-state index contributed by atoms with van der Waals surface area (Å²) in [6, 6.07) is 2.18. The zero-order valence-electron chi connectivity index (χ0n) is 10.5. The molecule has 0 amide bonds. The van der Waals surface area contributed by atoms with E-state index in [2.05, 4.69) is 24.9 Å². The Kier molecular flexibility index (Phi) is 3.29. The van der Waals surface area contributed by atoms with Gasteiger partial charge in [0.15, 0.2) is 0 Å². The first kappa shape index (κ1) is 11.6. The summed E-state index contributed by atoms with van der Waals surface area (Å²) in [5.41, 5.74) is 4.67. The minimum absolute atomic E-state index is 0.352. The van der Waals surface area contributed by atoms with Crippen molar-refractivity contribution in [1.82, 2.24) is 4.98 Å². The number of aromatic nitrogens is 1. The van der Waals surface area contributed by atoms with E-state index in [1.165, 1.54) is 17.5 Å². The predicted octanol–water partition coefficient (Wildman–Crippen LogP) is 3.27. The van der Waals surface area contributed by atoms with Crippen molar-refractivity contribution in [3.05, 3.63) is 28.6 Å². The fraction of sp³-hybridized carbons (Fsp3) is 0.643. The smallest absolute Gasteiger partial charge is 0.0962 e. The number of fused-ring (bicyclic) bond motifs is 1. The predicted molar refractivity (Wildman–Crippen MR) is 65.6 cm³/mol. The molecule has 0 bridgehead atoms. The van der Waals surface area contributed by atoms with Crippen LogP contribution in [0, 0.1) is 6.92 Å². The van der Waals surface area contributed by atoms with E-state index in [-0.39, 0.29) is 6.10 Å². The van der Waals surface area contributed by atoms with Crippen LogP contribution in [0.4, 0.5) is 0 Å². The normalized spacial score (nSPS) is 20.7. The second-order valence-corrected chi connectivity index (χ2v) is 5.13.